The van der Waals surface area contributed by atoms with Crippen LogP contribution >= 0.6 is 0 Å². The number of rotatable bonds is 8. The molecule has 1 amide bonds. The van der Waals surface area contributed by atoms with Gasteiger partial charge in [0.1, 0.15) is 5.75 Å². The molecule has 0 saturated carbocycles. The van der Waals surface area contributed by atoms with Gasteiger partial charge in [0.2, 0.25) is 5.91 Å². The van der Waals surface area contributed by atoms with Gasteiger partial charge >= 0.3 is 0 Å². The lowest BCUT2D eigenvalue weighted by Gasteiger charge is -2.21. The van der Waals surface area contributed by atoms with Crippen molar-refractivity contribution >= 4 is 12.0 Å². The third-order valence-corrected chi connectivity index (χ3v) is 3.47. The molecule has 4 heteroatoms. The van der Waals surface area contributed by atoms with Gasteiger partial charge in [-0.2, -0.15) is 0 Å². The van der Waals surface area contributed by atoms with Crippen LogP contribution in [-0.2, 0) is 4.79 Å². The minimum Gasteiger partial charge on any atom is -0.494 e. The molecule has 0 aliphatic heterocycles. The minimum absolute atomic E-state index is 0.0440. The Bertz CT molecular complexity index is 454. The molecule has 0 heterocycles. The van der Waals surface area contributed by atoms with Crippen molar-refractivity contribution in [3.05, 3.63) is 35.9 Å². The first kappa shape index (κ1) is 17.2. The number of hydrogen-bond acceptors (Lipinski definition) is 3. The molecule has 0 spiro atoms. The van der Waals surface area contributed by atoms with Crippen LogP contribution < -0.4 is 10.1 Å². The number of hydrogen-bond donors (Lipinski definition) is 2. The summed E-state index contributed by atoms with van der Waals surface area (Å²) in [6, 6.07) is 7.33. The molecule has 0 saturated heterocycles. The van der Waals surface area contributed by atoms with Crippen LogP contribution in [0.25, 0.3) is 6.08 Å². The number of amides is 1. The SMILES string of the molecule is CCOc1ccc(/C=C/C(=O)N[C@H](CO)[C@@H](C)CC)cc1. The van der Waals surface area contributed by atoms with Crippen molar-refractivity contribution in [1.82, 2.24) is 5.32 Å². The Hall–Kier alpha value is -1.81. The van der Waals surface area contributed by atoms with Crippen molar-refractivity contribution in [1.29, 1.82) is 0 Å². The van der Waals surface area contributed by atoms with Crippen LogP contribution in [0, 0.1) is 5.92 Å². The standard InChI is InChI=1S/C17H25NO3/c1-4-13(3)16(12-19)18-17(20)11-8-14-6-9-15(10-7-14)21-5-2/h6-11,13,16,19H,4-5,12H2,1-3H3,(H,18,20)/b11-8+/t13-,16+/m0/s1. The maximum atomic E-state index is 11.8. The van der Waals surface area contributed by atoms with Gasteiger partial charge in [-0.15, -0.1) is 0 Å². The van der Waals surface area contributed by atoms with Crippen LogP contribution in [0.2, 0.25) is 0 Å². The molecule has 0 aromatic heterocycles. The third-order valence-electron chi connectivity index (χ3n) is 3.47. The molecular formula is C17H25NO3. The van der Waals surface area contributed by atoms with Gasteiger partial charge in [0.25, 0.3) is 0 Å². The van der Waals surface area contributed by atoms with E-state index in [0.717, 1.165) is 17.7 Å². The van der Waals surface area contributed by atoms with E-state index in [1.54, 1.807) is 6.08 Å². The van der Waals surface area contributed by atoms with E-state index in [2.05, 4.69) is 5.32 Å². The Morgan fingerprint density at radius 3 is 2.52 bits per heavy atom. The normalized spacial score (nSPS) is 13.9. The van der Waals surface area contributed by atoms with Gasteiger partial charge in [0.05, 0.1) is 19.3 Å². The minimum atomic E-state index is -0.201. The second-order valence-electron chi connectivity index (χ2n) is 5.02. The van der Waals surface area contributed by atoms with Crippen molar-refractivity contribution in [3.8, 4) is 5.75 Å². The first-order valence-corrected chi connectivity index (χ1v) is 7.43. The fraction of sp³-hybridized carbons (Fsp3) is 0.471. The van der Waals surface area contributed by atoms with Gasteiger partial charge in [-0.3, -0.25) is 4.79 Å². The monoisotopic (exact) mass is 291 g/mol. The van der Waals surface area contributed by atoms with Gasteiger partial charge in [-0.1, -0.05) is 32.4 Å². The Balaban J connectivity index is 2.56. The maximum absolute atomic E-state index is 11.8. The van der Waals surface area contributed by atoms with Crippen LogP contribution in [0.4, 0.5) is 0 Å². The Labute approximate surface area is 126 Å². The lowest BCUT2D eigenvalue weighted by Crippen LogP contribution is -2.41. The number of benzene rings is 1. The van der Waals surface area contributed by atoms with E-state index in [1.165, 1.54) is 6.08 Å². The molecule has 2 atom stereocenters. The van der Waals surface area contributed by atoms with Gasteiger partial charge in [-0.05, 0) is 36.6 Å². The number of aliphatic hydroxyl groups excluding tert-OH is 1. The molecule has 21 heavy (non-hydrogen) atoms. The molecule has 1 aromatic rings. The quantitative estimate of drug-likeness (QED) is 0.724. The van der Waals surface area contributed by atoms with Crippen LogP contribution in [0.5, 0.6) is 5.75 Å². The summed E-state index contributed by atoms with van der Waals surface area (Å²) in [5, 5.41) is 12.1. The van der Waals surface area contributed by atoms with E-state index in [4.69, 9.17) is 4.74 Å². The molecule has 0 aliphatic carbocycles. The second-order valence-corrected chi connectivity index (χ2v) is 5.02. The highest BCUT2D eigenvalue weighted by Gasteiger charge is 2.15. The lowest BCUT2D eigenvalue weighted by molar-refractivity contribution is -0.117. The van der Waals surface area contributed by atoms with Crippen molar-refractivity contribution in [2.45, 2.75) is 33.2 Å². The molecule has 0 unspecified atom stereocenters. The molecular weight excluding hydrogens is 266 g/mol. The molecule has 1 rings (SSSR count). The van der Waals surface area contributed by atoms with Crippen molar-refractivity contribution < 1.29 is 14.6 Å². The zero-order valence-corrected chi connectivity index (χ0v) is 13.0. The van der Waals surface area contributed by atoms with Crippen LogP contribution in [0.3, 0.4) is 0 Å². The van der Waals surface area contributed by atoms with E-state index in [9.17, 15) is 9.90 Å². The lowest BCUT2D eigenvalue weighted by atomic mass is 10.00. The van der Waals surface area contributed by atoms with E-state index >= 15 is 0 Å². The predicted molar refractivity (Wildman–Crippen MR) is 85.1 cm³/mol. The fourth-order valence-electron chi connectivity index (χ4n) is 1.90. The Morgan fingerprint density at radius 2 is 2.00 bits per heavy atom. The highest BCUT2D eigenvalue weighted by Crippen LogP contribution is 2.13. The van der Waals surface area contributed by atoms with Crippen molar-refractivity contribution in [3.63, 3.8) is 0 Å². The zero-order chi connectivity index (χ0) is 15.7. The Kier molecular flexibility index (Phi) is 7.54. The number of carbonyl (C=O) groups excluding carboxylic acids is 1. The van der Waals surface area contributed by atoms with E-state index < -0.39 is 0 Å². The highest BCUT2D eigenvalue weighted by molar-refractivity contribution is 5.91. The number of carbonyl (C=O) groups is 1. The average Bonchev–Trinajstić information content (AvgIpc) is 2.51. The molecule has 0 radical (unpaired) electrons. The van der Waals surface area contributed by atoms with E-state index in [-0.39, 0.29) is 24.5 Å². The number of ether oxygens (including phenoxy) is 1. The molecule has 4 nitrogen and oxygen atoms in total. The van der Waals surface area contributed by atoms with Crippen LogP contribution in [0.1, 0.15) is 32.8 Å². The van der Waals surface area contributed by atoms with E-state index in [0.29, 0.717) is 6.61 Å². The largest absolute Gasteiger partial charge is 0.494 e. The zero-order valence-electron chi connectivity index (χ0n) is 13.0. The van der Waals surface area contributed by atoms with Gasteiger partial charge in [0, 0.05) is 6.08 Å². The smallest absolute Gasteiger partial charge is 0.244 e. The van der Waals surface area contributed by atoms with E-state index in [1.807, 2.05) is 45.0 Å². The number of aliphatic hydroxyl groups is 1. The highest BCUT2D eigenvalue weighted by atomic mass is 16.5. The molecule has 0 bridgehead atoms. The topological polar surface area (TPSA) is 58.6 Å². The summed E-state index contributed by atoms with van der Waals surface area (Å²) in [6.07, 6.45) is 4.14. The summed E-state index contributed by atoms with van der Waals surface area (Å²) in [6.45, 7) is 6.58. The summed E-state index contributed by atoms with van der Waals surface area (Å²) in [4.78, 5) is 11.8. The summed E-state index contributed by atoms with van der Waals surface area (Å²) in [5.74, 6) is 0.872. The number of nitrogens with one attached hydrogen (secondary N) is 1. The van der Waals surface area contributed by atoms with Gasteiger partial charge in [0.15, 0.2) is 0 Å². The predicted octanol–water partition coefficient (Wildman–Crippen LogP) is 2.62. The summed E-state index contributed by atoms with van der Waals surface area (Å²) in [5.41, 5.74) is 0.928. The third kappa shape index (κ3) is 6.00. The summed E-state index contributed by atoms with van der Waals surface area (Å²) < 4.78 is 5.36. The second kappa shape index (κ2) is 9.19. The van der Waals surface area contributed by atoms with Crippen molar-refractivity contribution in [2.75, 3.05) is 13.2 Å². The molecule has 116 valence electrons. The van der Waals surface area contributed by atoms with Gasteiger partial charge < -0.3 is 15.2 Å². The molecule has 0 aliphatic rings. The van der Waals surface area contributed by atoms with Crippen molar-refractivity contribution in [2.24, 2.45) is 5.92 Å². The molecule has 2 N–H and O–H groups in total. The average molecular weight is 291 g/mol. The van der Waals surface area contributed by atoms with Crippen LogP contribution in [0.15, 0.2) is 30.3 Å². The molecule has 0 fully saturated rings. The first-order chi connectivity index (χ1) is 10.1. The van der Waals surface area contributed by atoms with Gasteiger partial charge in [-0.25, -0.2) is 0 Å². The van der Waals surface area contributed by atoms with Crippen LogP contribution in [-0.4, -0.2) is 30.3 Å². The fourth-order valence-corrected chi connectivity index (χ4v) is 1.90. The Morgan fingerprint density at radius 1 is 1.33 bits per heavy atom. The first-order valence-electron chi connectivity index (χ1n) is 7.43. The summed E-state index contributed by atoms with van der Waals surface area (Å²) >= 11 is 0. The molecule has 1 aromatic carbocycles. The maximum Gasteiger partial charge on any atom is 0.244 e. The summed E-state index contributed by atoms with van der Waals surface area (Å²) in [7, 11) is 0.